The first-order valence-corrected chi connectivity index (χ1v) is 53.0. The van der Waals surface area contributed by atoms with Crippen LogP contribution in [0.4, 0.5) is 35.1 Å². The van der Waals surface area contributed by atoms with E-state index in [4.69, 9.17) is 39.8 Å². The zero-order valence-electron chi connectivity index (χ0n) is 78.0. The van der Waals surface area contributed by atoms with Crippen molar-refractivity contribution < 1.29 is 70.3 Å². The maximum Gasteiger partial charge on any atom is 0.316 e. The number of halogens is 11. The largest absolute Gasteiger partial charge is 0.481 e. The van der Waals surface area contributed by atoms with Gasteiger partial charge >= 0.3 is 5.97 Å². The van der Waals surface area contributed by atoms with Crippen molar-refractivity contribution in [3.8, 4) is 62.5 Å². The summed E-state index contributed by atoms with van der Waals surface area (Å²) in [4.78, 5) is 29.8. The van der Waals surface area contributed by atoms with Crippen molar-refractivity contribution >= 4 is 70.3 Å². The number of nitrogens with zero attached hydrogens (tertiary/aromatic N) is 18. The monoisotopic (exact) mass is 2040 g/mol. The predicted molar refractivity (Wildman–Crippen MR) is 511 cm³/mol. The smallest absolute Gasteiger partial charge is 0.316 e. The molecule has 8 bridgehead atoms. The highest BCUT2D eigenvalue weighted by Crippen LogP contribution is 2.74. The summed E-state index contributed by atoms with van der Waals surface area (Å²) in [5.41, 5.74) is 6.00. The minimum Gasteiger partial charge on any atom is -0.481 e. The lowest BCUT2D eigenvalue weighted by atomic mass is 9.64. The van der Waals surface area contributed by atoms with E-state index >= 15 is 0 Å². The molecule has 4 fully saturated rings. The topological polar surface area (TPSA) is 348 Å². The second-order valence-corrected chi connectivity index (χ2v) is 48.0. The Morgan fingerprint density at radius 2 is 0.667 bits per heavy atom. The van der Waals surface area contributed by atoms with Crippen molar-refractivity contribution in [2.75, 3.05) is 36.0 Å². The molecule has 1 N–H and O–H groups in total. The Labute approximate surface area is 821 Å². The molecular formula is C101H93Cl3F8N18O8S3. The van der Waals surface area contributed by atoms with Crippen molar-refractivity contribution in [2.24, 2.45) is 21.7 Å². The third-order valence-corrected chi connectivity index (χ3v) is 34.7. The number of carbonyl (C=O) groups is 1. The first kappa shape index (κ1) is 97.7. The van der Waals surface area contributed by atoms with E-state index in [1.165, 1.54) is 96.3 Å². The minimum absolute atomic E-state index is 0.00511. The Kier molecular flexibility index (Phi) is 24.4. The van der Waals surface area contributed by atoms with Crippen LogP contribution in [0.15, 0.2) is 164 Å². The molecule has 26 nitrogen and oxygen atoms in total. The normalized spacial score (nSPS) is 22.2. The maximum absolute atomic E-state index is 14.8. The lowest BCUT2D eigenvalue weighted by molar-refractivity contribution is -0.147. The number of benzene rings is 4. The highest BCUT2D eigenvalue weighted by Gasteiger charge is 2.70. The molecule has 0 spiro atoms. The summed E-state index contributed by atoms with van der Waals surface area (Å²) in [6, 6.07) is 36.6. The molecule has 0 unspecified atom stereocenters. The van der Waals surface area contributed by atoms with Gasteiger partial charge in [0.25, 0.3) is 0 Å². The lowest BCUT2D eigenvalue weighted by Crippen LogP contribution is -2.43. The molecular weight excluding hydrogens is 1950 g/mol. The van der Waals surface area contributed by atoms with Gasteiger partial charge in [-0.15, -0.1) is 25.5 Å². The van der Waals surface area contributed by atoms with Crippen LogP contribution < -0.4 is 0 Å². The van der Waals surface area contributed by atoms with E-state index < -0.39 is 115 Å². The first-order chi connectivity index (χ1) is 66.5. The number of aliphatic carboxylic acids is 1. The summed E-state index contributed by atoms with van der Waals surface area (Å²) in [7, 11) is -9.55. The SMILES string of the molecule is CC1(C)[C@H]2CC[C@]1(C(=O)O)c1nnc(-c3c(F)cccc3F)cc12.CC1(C)[C@H]2CC[C@]1(c1cc(-n3ccc(CCS(C)(=O)=O)n3)nc(-n3cnc(CCS(C)(=O)=O)n3)c1)c1nnc(-c3c(F)cccc3F)cc12.CC1(C)[C@H]2CC[C@]1(c1cc(Cl)nc(-n3ccc(CCS(C)(=O)=O)n3)c1)c1nnc(-c3c(F)cccc3F)cc12.CC1(C)[C@H]2CC[C@]1(c1cc(Cl)nc(Cl)c1)c1nnc(-c3c(F)cccc3F)cc12. The third kappa shape index (κ3) is 16.3. The molecule has 10 heterocycles. The molecule has 4 aromatic carbocycles. The fraction of sp³-hybridized carbons (Fsp3) is 0.366. The molecule has 730 valence electrons. The molecule has 0 saturated heterocycles. The van der Waals surface area contributed by atoms with Gasteiger partial charge in [-0.1, -0.05) is 114 Å². The lowest BCUT2D eigenvalue weighted by Gasteiger charge is -2.38. The van der Waals surface area contributed by atoms with Crippen LogP contribution in [0, 0.1) is 68.2 Å². The molecule has 8 atom stereocenters. The van der Waals surface area contributed by atoms with Gasteiger partial charge in [-0.3, -0.25) is 4.79 Å². The highest BCUT2D eigenvalue weighted by molar-refractivity contribution is 7.91. The van der Waals surface area contributed by atoms with E-state index in [0.29, 0.717) is 63.5 Å². The number of fused-ring (bicyclic) bond motifs is 20. The van der Waals surface area contributed by atoms with Crippen molar-refractivity contribution in [1.29, 1.82) is 0 Å². The second kappa shape index (κ2) is 35.2. The van der Waals surface area contributed by atoms with Crippen molar-refractivity contribution in [3.63, 3.8) is 0 Å². The molecule has 14 aromatic rings. The number of carboxylic acid groups (broad SMARTS) is 1. The summed E-state index contributed by atoms with van der Waals surface area (Å²) in [5.74, 6) is -4.57. The fourth-order valence-electron chi connectivity index (χ4n) is 24.3. The number of hydrogen-bond donors (Lipinski definition) is 1. The van der Waals surface area contributed by atoms with Gasteiger partial charge in [-0.2, -0.15) is 30.6 Å². The maximum atomic E-state index is 14.8. The van der Waals surface area contributed by atoms with Crippen LogP contribution in [0.3, 0.4) is 0 Å². The number of carboxylic acids is 1. The average molecular weight is 2040 g/mol. The van der Waals surface area contributed by atoms with E-state index in [-0.39, 0.29) is 115 Å². The summed E-state index contributed by atoms with van der Waals surface area (Å²) in [5, 5.41) is 59.3. The van der Waals surface area contributed by atoms with Crippen LogP contribution in [0.1, 0.15) is 209 Å². The van der Waals surface area contributed by atoms with E-state index in [9.17, 15) is 70.3 Å². The number of pyridine rings is 3. The van der Waals surface area contributed by atoms with Gasteiger partial charge in [0.1, 0.15) is 103 Å². The first-order valence-electron chi connectivity index (χ1n) is 45.6. The minimum atomic E-state index is -3.23. The standard InChI is InChI=1S/C33H34F2N8O4S2.C28H26ClF2N5O2S.C22H17Cl2F2N3.C18H16F2N2O2/c1-32(2)23-8-12-33(32,31-22(23)18-26(38-39-31)30-24(34)6-5-7-25(30)35)20-16-28(42-13-9-21(40-42)10-14-48(3,44)45)37-29(17-20)43-19-36-27(41-43)11-15-49(4,46)47;1-27(2)19-7-10-28(27,26-18(19)15-22(33-34-26)25-20(30)5-4-6-21(25)31)16-13-23(29)32-24(14-16)36-11-8-17(35-36)9-12-39(3,37)38;1-21(2)13-6-7-22(21,11-8-17(23)27-18(24)9-11)20-12(13)10-16(28-29-20)19-14(25)4-3-5-15(19)26;1-17(2)10-6-7-18(17,16(23)24)15-9(10)8-13(21-22-15)14-11(19)4-3-5-12(14)20/h5-7,9,13,16-19,23H,8,10-12,14-15H2,1-4H3;4-6,8,11,13-15,19H,7,9-10,12H2,1-3H3;3-5,8-10,13H,6-7H2,1-2H3;3-5,8,10H,6-7H2,1-2H3,(H,23,24)/t23-,33-;19-,28-;13-,22-;10-,18+/m0000/s1. The van der Waals surface area contributed by atoms with Crippen LogP contribution in [-0.2, 0) is 75.2 Å². The average Bonchev–Trinajstić information content (AvgIpc) is 1.52. The van der Waals surface area contributed by atoms with Crippen molar-refractivity contribution in [3.05, 3.63) is 305 Å². The number of aromatic nitrogens is 18. The van der Waals surface area contributed by atoms with Gasteiger partial charge in [0.05, 0.1) is 96.5 Å². The van der Waals surface area contributed by atoms with Crippen LogP contribution in [-0.4, -0.2) is 162 Å². The molecule has 141 heavy (non-hydrogen) atoms. The van der Waals surface area contributed by atoms with Crippen molar-refractivity contribution in [1.82, 2.24) is 90.1 Å². The zero-order valence-corrected chi connectivity index (χ0v) is 82.8. The Morgan fingerprint density at radius 3 is 1.02 bits per heavy atom. The van der Waals surface area contributed by atoms with E-state index in [0.717, 1.165) is 107 Å². The number of aryl methyl sites for hydroxylation is 3. The van der Waals surface area contributed by atoms with Gasteiger partial charge in [0, 0.05) is 66.7 Å². The highest BCUT2D eigenvalue weighted by atomic mass is 35.5. The van der Waals surface area contributed by atoms with Crippen molar-refractivity contribution in [2.45, 2.75) is 171 Å². The van der Waals surface area contributed by atoms with Gasteiger partial charge in [0.15, 0.2) is 23.3 Å². The van der Waals surface area contributed by atoms with Crippen LogP contribution in [0.5, 0.6) is 0 Å². The molecule has 8 aliphatic rings. The van der Waals surface area contributed by atoms with Gasteiger partial charge in [-0.05, 0) is 257 Å². The Hall–Kier alpha value is -12.2. The molecule has 0 aliphatic heterocycles. The van der Waals surface area contributed by atoms with Crippen LogP contribution >= 0.6 is 34.8 Å². The third-order valence-electron chi connectivity index (χ3n) is 31.3. The number of hydrogen-bond acceptors (Lipinski definition) is 22. The van der Waals surface area contributed by atoms with Gasteiger partial charge in [0.2, 0.25) is 0 Å². The fourth-order valence-corrected chi connectivity index (χ4v) is 26.7. The Bertz CT molecular complexity index is 7700. The zero-order chi connectivity index (χ0) is 101. The number of rotatable bonds is 20. The molecule has 10 aromatic heterocycles. The number of sulfone groups is 3. The van der Waals surface area contributed by atoms with E-state index in [2.05, 4.69) is 113 Å². The molecule has 22 rings (SSSR count). The van der Waals surface area contributed by atoms with E-state index in [1.54, 1.807) is 58.2 Å². The molecule has 4 saturated carbocycles. The Morgan fingerprint density at radius 1 is 0.369 bits per heavy atom. The molecule has 8 aliphatic carbocycles. The molecule has 0 amide bonds. The molecule has 0 radical (unpaired) electrons. The van der Waals surface area contributed by atoms with Gasteiger partial charge < -0.3 is 5.11 Å². The van der Waals surface area contributed by atoms with Crippen LogP contribution in [0.2, 0.25) is 15.5 Å². The summed E-state index contributed by atoms with van der Waals surface area (Å²) in [6.07, 6.45) is 15.4. The van der Waals surface area contributed by atoms with E-state index in [1.807, 2.05) is 50.2 Å². The summed E-state index contributed by atoms with van der Waals surface area (Å²) in [6.45, 7) is 16.9. The van der Waals surface area contributed by atoms with Gasteiger partial charge in [-0.25, -0.2) is 94.4 Å². The second-order valence-electron chi connectivity index (χ2n) is 40.1. The predicted octanol–water partition coefficient (Wildman–Crippen LogP) is 19.4. The Balaban J connectivity index is 0.000000124. The quantitative estimate of drug-likeness (QED) is 0.0547. The van der Waals surface area contributed by atoms with Crippen LogP contribution in [0.25, 0.3) is 62.5 Å². The summed E-state index contributed by atoms with van der Waals surface area (Å²) < 4.78 is 190. The molecule has 40 heteroatoms. The summed E-state index contributed by atoms with van der Waals surface area (Å²) >= 11 is 19.0.